The van der Waals surface area contributed by atoms with Crippen LogP contribution in [-0.2, 0) is 6.42 Å². The zero-order valence-corrected chi connectivity index (χ0v) is 16.3. The van der Waals surface area contributed by atoms with E-state index in [0.717, 1.165) is 29.5 Å². The van der Waals surface area contributed by atoms with Gasteiger partial charge in [-0.05, 0) is 42.7 Å². The van der Waals surface area contributed by atoms with Crippen molar-refractivity contribution in [2.75, 3.05) is 6.61 Å². The van der Waals surface area contributed by atoms with Crippen molar-refractivity contribution in [3.05, 3.63) is 42.0 Å². The topological polar surface area (TPSA) is 35.0 Å². The fraction of sp³-hybridized carbons (Fsp3) is 0.565. The Morgan fingerprint density at radius 1 is 0.885 bits per heavy atom. The molecule has 1 aromatic carbocycles. The lowest BCUT2D eigenvalue weighted by Crippen LogP contribution is -2.14. The predicted octanol–water partition coefficient (Wildman–Crippen LogP) is 6.08. The van der Waals surface area contributed by atoms with Gasteiger partial charge in [0.2, 0.25) is 5.88 Å². The van der Waals surface area contributed by atoms with Gasteiger partial charge in [-0.25, -0.2) is 0 Å². The highest BCUT2D eigenvalue weighted by Crippen LogP contribution is 2.33. The lowest BCUT2D eigenvalue weighted by Gasteiger charge is -2.27. The van der Waals surface area contributed by atoms with Gasteiger partial charge < -0.3 is 4.74 Å². The minimum atomic E-state index is 0.602. The number of benzene rings is 1. The van der Waals surface area contributed by atoms with E-state index in [1.807, 2.05) is 12.1 Å². The molecular formula is C23H32N2O. The molecule has 0 atom stereocenters. The van der Waals surface area contributed by atoms with E-state index in [1.54, 1.807) is 0 Å². The summed E-state index contributed by atoms with van der Waals surface area (Å²) in [5.74, 6) is 2.52. The Hall–Kier alpha value is -1.90. The van der Waals surface area contributed by atoms with E-state index < -0.39 is 0 Å². The minimum absolute atomic E-state index is 0.602. The molecule has 3 nitrogen and oxygen atoms in total. The van der Waals surface area contributed by atoms with E-state index in [9.17, 15) is 0 Å². The molecule has 0 amide bonds. The Morgan fingerprint density at radius 3 is 2.23 bits per heavy atom. The van der Waals surface area contributed by atoms with Crippen LogP contribution >= 0.6 is 0 Å². The molecule has 0 spiro atoms. The van der Waals surface area contributed by atoms with Crippen LogP contribution in [0.25, 0.3) is 11.3 Å². The van der Waals surface area contributed by atoms with E-state index in [1.165, 1.54) is 50.5 Å². The maximum atomic E-state index is 5.49. The summed E-state index contributed by atoms with van der Waals surface area (Å²) in [6.45, 7) is 5.10. The number of hydrogen-bond donors (Lipinski definition) is 0. The number of nitrogens with zero attached hydrogens (tertiary/aromatic N) is 2. The third-order valence-corrected chi connectivity index (χ3v) is 5.73. The standard InChI is InChI=1S/C23H32N2O/c1-3-17-26-23-16-15-22(24-25-23)21-13-11-20(12-14-21)10-9-19-7-5-18(4-2)6-8-19/h11-16,18-19H,3-10,17H2,1-2H3. The molecule has 140 valence electrons. The van der Waals surface area contributed by atoms with Gasteiger partial charge in [-0.1, -0.05) is 70.2 Å². The maximum Gasteiger partial charge on any atom is 0.233 e. The quantitative estimate of drug-likeness (QED) is 0.577. The molecule has 26 heavy (non-hydrogen) atoms. The predicted molar refractivity (Wildman–Crippen MR) is 107 cm³/mol. The van der Waals surface area contributed by atoms with Crippen LogP contribution in [0.15, 0.2) is 36.4 Å². The van der Waals surface area contributed by atoms with Crippen molar-refractivity contribution in [3.8, 4) is 17.1 Å². The molecule has 0 bridgehead atoms. The van der Waals surface area contributed by atoms with Gasteiger partial charge in [-0.3, -0.25) is 0 Å². The molecule has 1 heterocycles. The highest BCUT2D eigenvalue weighted by atomic mass is 16.5. The largest absolute Gasteiger partial charge is 0.477 e. The first kappa shape index (κ1) is 18.9. The van der Waals surface area contributed by atoms with Gasteiger partial charge in [0, 0.05) is 11.6 Å². The molecular weight excluding hydrogens is 320 g/mol. The highest BCUT2D eigenvalue weighted by molar-refractivity contribution is 5.59. The molecule has 0 unspecified atom stereocenters. The third kappa shape index (κ3) is 5.30. The lowest BCUT2D eigenvalue weighted by atomic mass is 9.78. The Balaban J connectivity index is 1.50. The van der Waals surface area contributed by atoms with E-state index in [2.05, 4.69) is 48.3 Å². The summed E-state index contributed by atoms with van der Waals surface area (Å²) in [4.78, 5) is 0. The summed E-state index contributed by atoms with van der Waals surface area (Å²) in [6.07, 6.45) is 10.6. The van der Waals surface area contributed by atoms with Crippen molar-refractivity contribution in [1.82, 2.24) is 10.2 Å². The van der Waals surface area contributed by atoms with Gasteiger partial charge in [0.1, 0.15) is 0 Å². The average Bonchev–Trinajstić information content (AvgIpc) is 2.72. The van der Waals surface area contributed by atoms with Crippen molar-refractivity contribution in [1.29, 1.82) is 0 Å². The van der Waals surface area contributed by atoms with Crippen molar-refractivity contribution < 1.29 is 4.74 Å². The van der Waals surface area contributed by atoms with E-state index in [-0.39, 0.29) is 0 Å². The van der Waals surface area contributed by atoms with Crippen LogP contribution in [0.2, 0.25) is 0 Å². The third-order valence-electron chi connectivity index (χ3n) is 5.73. The monoisotopic (exact) mass is 352 g/mol. The number of hydrogen-bond acceptors (Lipinski definition) is 3. The summed E-state index contributed by atoms with van der Waals surface area (Å²) >= 11 is 0. The molecule has 2 aromatic rings. The molecule has 1 fully saturated rings. The van der Waals surface area contributed by atoms with Gasteiger partial charge in [0.05, 0.1) is 12.3 Å². The molecule has 0 aliphatic heterocycles. The first-order valence-electron chi connectivity index (χ1n) is 10.3. The van der Waals surface area contributed by atoms with Crippen LogP contribution in [0.4, 0.5) is 0 Å². The van der Waals surface area contributed by atoms with Gasteiger partial charge >= 0.3 is 0 Å². The first-order chi connectivity index (χ1) is 12.8. The molecule has 1 saturated carbocycles. The zero-order valence-electron chi connectivity index (χ0n) is 16.3. The molecule has 0 radical (unpaired) electrons. The fourth-order valence-corrected chi connectivity index (χ4v) is 3.90. The Bertz CT molecular complexity index is 643. The molecule has 0 N–H and O–H groups in total. The normalized spacial score (nSPS) is 20.1. The number of ether oxygens (including phenoxy) is 1. The van der Waals surface area contributed by atoms with Gasteiger partial charge in [0.25, 0.3) is 0 Å². The Kier molecular flexibility index (Phi) is 7.04. The molecule has 1 aliphatic rings. The van der Waals surface area contributed by atoms with Crippen LogP contribution < -0.4 is 4.74 Å². The van der Waals surface area contributed by atoms with E-state index >= 15 is 0 Å². The SMILES string of the molecule is CCCOc1ccc(-c2ccc(CCC3CCC(CC)CC3)cc2)nn1. The molecule has 3 heteroatoms. The smallest absolute Gasteiger partial charge is 0.233 e. The zero-order chi connectivity index (χ0) is 18.2. The number of aryl methyl sites for hydroxylation is 1. The highest BCUT2D eigenvalue weighted by Gasteiger charge is 2.19. The number of aromatic nitrogens is 2. The second-order valence-electron chi connectivity index (χ2n) is 7.64. The van der Waals surface area contributed by atoms with Gasteiger partial charge in [0.15, 0.2) is 0 Å². The van der Waals surface area contributed by atoms with Crippen LogP contribution in [0.3, 0.4) is 0 Å². The van der Waals surface area contributed by atoms with Crippen LogP contribution in [0.5, 0.6) is 5.88 Å². The summed E-state index contributed by atoms with van der Waals surface area (Å²) in [5.41, 5.74) is 3.45. The second-order valence-corrected chi connectivity index (χ2v) is 7.64. The molecule has 1 aromatic heterocycles. The van der Waals surface area contributed by atoms with Crippen LogP contribution in [0, 0.1) is 11.8 Å². The fourth-order valence-electron chi connectivity index (χ4n) is 3.90. The Morgan fingerprint density at radius 2 is 1.62 bits per heavy atom. The summed E-state index contributed by atoms with van der Waals surface area (Å²) < 4.78 is 5.49. The minimum Gasteiger partial charge on any atom is -0.477 e. The lowest BCUT2D eigenvalue weighted by molar-refractivity contribution is 0.259. The van der Waals surface area contributed by atoms with Crippen LogP contribution in [0.1, 0.15) is 64.4 Å². The summed E-state index contributed by atoms with van der Waals surface area (Å²) in [5, 5.41) is 8.44. The summed E-state index contributed by atoms with van der Waals surface area (Å²) in [6, 6.07) is 12.7. The van der Waals surface area contributed by atoms with Gasteiger partial charge in [-0.2, -0.15) is 0 Å². The molecule has 1 aliphatic carbocycles. The van der Waals surface area contributed by atoms with Crippen molar-refractivity contribution >= 4 is 0 Å². The van der Waals surface area contributed by atoms with Crippen LogP contribution in [-0.4, -0.2) is 16.8 Å². The van der Waals surface area contributed by atoms with Crippen molar-refractivity contribution in [2.24, 2.45) is 11.8 Å². The molecule has 3 rings (SSSR count). The van der Waals surface area contributed by atoms with E-state index in [0.29, 0.717) is 12.5 Å². The number of rotatable bonds is 8. The van der Waals surface area contributed by atoms with Crippen molar-refractivity contribution in [3.63, 3.8) is 0 Å². The Labute approximate surface area is 158 Å². The second kappa shape index (κ2) is 9.70. The summed E-state index contributed by atoms with van der Waals surface area (Å²) in [7, 11) is 0. The molecule has 0 saturated heterocycles. The average molecular weight is 353 g/mol. The van der Waals surface area contributed by atoms with E-state index in [4.69, 9.17) is 4.74 Å². The maximum absolute atomic E-state index is 5.49. The van der Waals surface area contributed by atoms with Crippen molar-refractivity contribution in [2.45, 2.75) is 65.2 Å². The first-order valence-corrected chi connectivity index (χ1v) is 10.3. The van der Waals surface area contributed by atoms with Gasteiger partial charge in [-0.15, -0.1) is 10.2 Å².